The first kappa shape index (κ1) is 15.7. The van der Waals surface area contributed by atoms with Crippen molar-refractivity contribution in [2.24, 2.45) is 0 Å². The fourth-order valence-electron chi connectivity index (χ4n) is 2.59. The largest absolute Gasteiger partial charge is 0.377 e. The number of hydrogen-bond acceptors (Lipinski definition) is 6. The number of fused-ring (bicyclic) bond motifs is 1. The SMILES string of the molecule is C[C@@H]1COCCN1c1cc(CS(C)(=O)=O)c2ncc(Br)n2n1. The van der Waals surface area contributed by atoms with E-state index in [1.54, 1.807) is 10.7 Å². The first-order valence-corrected chi connectivity index (χ1v) is 9.76. The molecule has 22 heavy (non-hydrogen) atoms. The van der Waals surface area contributed by atoms with Crippen molar-refractivity contribution in [1.29, 1.82) is 0 Å². The average Bonchev–Trinajstić information content (AvgIpc) is 2.80. The summed E-state index contributed by atoms with van der Waals surface area (Å²) in [7, 11) is -3.16. The van der Waals surface area contributed by atoms with E-state index >= 15 is 0 Å². The molecule has 0 N–H and O–H groups in total. The molecular weight excluding hydrogens is 372 g/mol. The number of ether oxygens (including phenoxy) is 1. The maximum atomic E-state index is 11.7. The summed E-state index contributed by atoms with van der Waals surface area (Å²) in [5.41, 5.74) is 1.21. The van der Waals surface area contributed by atoms with E-state index in [9.17, 15) is 8.42 Å². The van der Waals surface area contributed by atoms with Crippen LogP contribution in [0.4, 0.5) is 5.82 Å². The van der Waals surface area contributed by atoms with Gasteiger partial charge in [-0.05, 0) is 28.9 Å². The van der Waals surface area contributed by atoms with Gasteiger partial charge < -0.3 is 9.64 Å². The van der Waals surface area contributed by atoms with E-state index in [-0.39, 0.29) is 11.8 Å². The zero-order valence-electron chi connectivity index (χ0n) is 12.4. The third-order valence-corrected chi connectivity index (χ3v) is 4.94. The number of anilines is 1. The minimum Gasteiger partial charge on any atom is -0.377 e. The van der Waals surface area contributed by atoms with Crippen LogP contribution >= 0.6 is 15.9 Å². The second-order valence-corrected chi connectivity index (χ2v) is 8.48. The molecule has 3 heterocycles. The highest BCUT2D eigenvalue weighted by Gasteiger charge is 2.23. The number of nitrogens with zero attached hydrogens (tertiary/aromatic N) is 4. The minimum absolute atomic E-state index is 0.0613. The molecule has 0 unspecified atom stereocenters. The molecule has 0 spiro atoms. The summed E-state index contributed by atoms with van der Waals surface area (Å²) < 4.78 is 31.2. The lowest BCUT2D eigenvalue weighted by molar-refractivity contribution is 0.0984. The van der Waals surface area contributed by atoms with E-state index in [1.165, 1.54) is 6.26 Å². The Morgan fingerprint density at radius 1 is 1.50 bits per heavy atom. The van der Waals surface area contributed by atoms with E-state index < -0.39 is 9.84 Å². The number of sulfone groups is 1. The normalized spacial score (nSPS) is 19.8. The van der Waals surface area contributed by atoms with E-state index in [0.29, 0.717) is 29.0 Å². The van der Waals surface area contributed by atoms with Gasteiger partial charge in [0.05, 0.1) is 31.2 Å². The predicted molar refractivity (Wildman–Crippen MR) is 86.9 cm³/mol. The van der Waals surface area contributed by atoms with Crippen LogP contribution in [0.3, 0.4) is 0 Å². The molecule has 7 nitrogen and oxygen atoms in total. The first-order chi connectivity index (χ1) is 10.3. The van der Waals surface area contributed by atoms with Crippen LogP contribution in [0.5, 0.6) is 0 Å². The highest BCUT2D eigenvalue weighted by molar-refractivity contribution is 9.10. The van der Waals surface area contributed by atoms with Gasteiger partial charge in [0, 0.05) is 18.4 Å². The molecule has 0 radical (unpaired) electrons. The summed E-state index contributed by atoms with van der Waals surface area (Å²) in [5, 5.41) is 4.58. The van der Waals surface area contributed by atoms with E-state index in [0.717, 1.165) is 12.4 Å². The molecule has 1 saturated heterocycles. The maximum Gasteiger partial charge on any atom is 0.159 e. The Hall–Kier alpha value is -1.19. The number of imidazole rings is 1. The number of hydrogen-bond donors (Lipinski definition) is 0. The van der Waals surface area contributed by atoms with Crippen molar-refractivity contribution in [2.75, 3.05) is 30.9 Å². The Morgan fingerprint density at radius 3 is 2.95 bits per heavy atom. The third kappa shape index (κ3) is 3.11. The monoisotopic (exact) mass is 388 g/mol. The second-order valence-electron chi connectivity index (χ2n) is 5.53. The molecule has 0 bridgehead atoms. The molecule has 2 aromatic heterocycles. The lowest BCUT2D eigenvalue weighted by Gasteiger charge is -2.34. The summed E-state index contributed by atoms with van der Waals surface area (Å²) in [6.07, 6.45) is 2.85. The zero-order valence-corrected chi connectivity index (χ0v) is 14.8. The molecule has 9 heteroatoms. The van der Waals surface area contributed by atoms with Crippen molar-refractivity contribution in [3.63, 3.8) is 0 Å². The zero-order chi connectivity index (χ0) is 15.9. The molecule has 1 atom stereocenters. The quantitative estimate of drug-likeness (QED) is 0.787. The lowest BCUT2D eigenvalue weighted by atomic mass is 10.2. The summed E-state index contributed by atoms with van der Waals surface area (Å²) in [4.78, 5) is 6.38. The number of halogens is 1. The fraction of sp³-hybridized carbons (Fsp3) is 0.538. The van der Waals surface area contributed by atoms with Crippen LogP contribution in [-0.2, 0) is 20.3 Å². The standard InChI is InChI=1S/C13H17BrN4O3S/c1-9-7-21-4-3-17(9)12-5-10(8-22(2,19)20)13-15-6-11(14)18(13)16-12/h5-6,9H,3-4,7-8H2,1-2H3/t9-/m1/s1. The molecule has 1 fully saturated rings. The van der Waals surface area contributed by atoms with Crippen molar-refractivity contribution in [2.45, 2.75) is 18.7 Å². The van der Waals surface area contributed by atoms with Gasteiger partial charge in [0.15, 0.2) is 15.5 Å². The Labute approximate surface area is 137 Å². The molecular formula is C13H17BrN4O3S. The van der Waals surface area contributed by atoms with Gasteiger partial charge in [-0.3, -0.25) is 0 Å². The number of rotatable bonds is 3. The molecule has 1 aliphatic rings. The van der Waals surface area contributed by atoms with Crippen molar-refractivity contribution in [3.05, 3.63) is 22.4 Å². The Balaban J connectivity index is 2.12. The maximum absolute atomic E-state index is 11.7. The van der Waals surface area contributed by atoms with E-state index in [4.69, 9.17) is 4.74 Å². The predicted octanol–water partition coefficient (Wildman–Crippen LogP) is 1.26. The van der Waals surface area contributed by atoms with Crippen molar-refractivity contribution in [1.82, 2.24) is 14.6 Å². The second kappa shape index (κ2) is 5.78. The summed E-state index contributed by atoms with van der Waals surface area (Å²) in [6.45, 7) is 4.05. The van der Waals surface area contributed by atoms with Gasteiger partial charge in [0.25, 0.3) is 0 Å². The van der Waals surface area contributed by atoms with Crippen molar-refractivity contribution < 1.29 is 13.2 Å². The van der Waals surface area contributed by atoms with Crippen LogP contribution in [0.1, 0.15) is 12.5 Å². The van der Waals surface area contributed by atoms with Crippen LogP contribution < -0.4 is 4.90 Å². The van der Waals surface area contributed by atoms with Crippen LogP contribution in [-0.4, -0.2) is 55.1 Å². The van der Waals surface area contributed by atoms with Crippen LogP contribution in [0.25, 0.3) is 5.65 Å². The Morgan fingerprint density at radius 2 is 2.27 bits per heavy atom. The summed E-state index contributed by atoms with van der Waals surface area (Å²) >= 11 is 3.40. The first-order valence-electron chi connectivity index (χ1n) is 6.90. The minimum atomic E-state index is -3.16. The molecule has 120 valence electrons. The molecule has 1 aliphatic heterocycles. The molecule has 3 rings (SSSR count). The van der Waals surface area contributed by atoms with Gasteiger partial charge in [-0.1, -0.05) is 0 Å². The molecule has 0 saturated carbocycles. The van der Waals surface area contributed by atoms with Crippen LogP contribution in [0.15, 0.2) is 16.9 Å². The Bertz CT molecular complexity index is 805. The smallest absolute Gasteiger partial charge is 0.159 e. The van der Waals surface area contributed by atoms with E-state index in [2.05, 4.69) is 37.8 Å². The van der Waals surface area contributed by atoms with Crippen LogP contribution in [0.2, 0.25) is 0 Å². The molecule has 2 aromatic rings. The van der Waals surface area contributed by atoms with Gasteiger partial charge in [-0.2, -0.15) is 0 Å². The lowest BCUT2D eigenvalue weighted by Crippen LogP contribution is -2.44. The summed E-state index contributed by atoms with van der Waals surface area (Å²) in [6, 6.07) is 2.00. The van der Waals surface area contributed by atoms with Gasteiger partial charge in [0.1, 0.15) is 10.4 Å². The number of aromatic nitrogens is 3. The van der Waals surface area contributed by atoms with Gasteiger partial charge in [-0.15, -0.1) is 5.10 Å². The van der Waals surface area contributed by atoms with Crippen molar-refractivity contribution in [3.8, 4) is 0 Å². The molecule has 0 amide bonds. The van der Waals surface area contributed by atoms with Gasteiger partial charge >= 0.3 is 0 Å². The van der Waals surface area contributed by atoms with E-state index in [1.807, 2.05) is 6.07 Å². The molecule has 0 aliphatic carbocycles. The number of morpholine rings is 1. The van der Waals surface area contributed by atoms with Gasteiger partial charge in [-0.25, -0.2) is 17.9 Å². The summed E-state index contributed by atoms with van der Waals surface area (Å²) in [5.74, 6) is 0.675. The fourth-order valence-corrected chi connectivity index (χ4v) is 3.71. The van der Waals surface area contributed by atoms with Crippen LogP contribution in [0, 0.1) is 0 Å². The Kier molecular flexibility index (Phi) is 4.13. The topological polar surface area (TPSA) is 76.8 Å². The highest BCUT2D eigenvalue weighted by atomic mass is 79.9. The van der Waals surface area contributed by atoms with Crippen molar-refractivity contribution >= 4 is 37.2 Å². The third-order valence-electron chi connectivity index (χ3n) is 3.57. The molecule has 0 aromatic carbocycles. The van der Waals surface area contributed by atoms with Gasteiger partial charge in [0.2, 0.25) is 0 Å². The average molecular weight is 389 g/mol. The highest BCUT2D eigenvalue weighted by Crippen LogP contribution is 2.24.